The van der Waals surface area contributed by atoms with Crippen LogP contribution in [0.3, 0.4) is 0 Å². The van der Waals surface area contributed by atoms with Crippen molar-refractivity contribution in [2.75, 3.05) is 13.1 Å². The highest BCUT2D eigenvalue weighted by atomic mass is 16.4. The zero-order valence-electron chi connectivity index (χ0n) is 17.1. The number of aliphatic carboxylic acids is 1. The molecule has 1 aliphatic heterocycles. The topological polar surface area (TPSA) is 75.4 Å². The van der Waals surface area contributed by atoms with Crippen molar-refractivity contribution < 1.29 is 14.7 Å². The first-order valence-electron chi connectivity index (χ1n) is 9.85. The standard InChI is InChI=1S/C22H29N3O3/c1-14-5-7-18(8-6-14)12-25-17(4)19(16(3)23-25)9-10-21(26)24-11-15(2)20(13-24)22(27)28/h5-8,15,20H,9-13H2,1-4H3,(H,27,28)/t15-,20-/m1/s1. The molecule has 1 N–H and O–H groups in total. The summed E-state index contributed by atoms with van der Waals surface area (Å²) in [5.74, 6) is -1.24. The molecule has 0 aliphatic carbocycles. The largest absolute Gasteiger partial charge is 0.481 e. The number of likely N-dealkylation sites (tertiary alicyclic amines) is 1. The van der Waals surface area contributed by atoms with Crippen molar-refractivity contribution in [2.24, 2.45) is 11.8 Å². The number of nitrogens with zero attached hydrogens (tertiary/aromatic N) is 3. The quantitative estimate of drug-likeness (QED) is 0.832. The number of aryl methyl sites for hydroxylation is 2. The van der Waals surface area contributed by atoms with E-state index in [9.17, 15) is 14.7 Å². The van der Waals surface area contributed by atoms with E-state index >= 15 is 0 Å². The fourth-order valence-electron chi connectivity index (χ4n) is 4.00. The van der Waals surface area contributed by atoms with Crippen molar-refractivity contribution in [3.8, 4) is 0 Å². The van der Waals surface area contributed by atoms with Crippen molar-refractivity contribution >= 4 is 11.9 Å². The van der Waals surface area contributed by atoms with Crippen LogP contribution in [-0.2, 0) is 22.6 Å². The van der Waals surface area contributed by atoms with Gasteiger partial charge in [0, 0.05) is 25.2 Å². The summed E-state index contributed by atoms with van der Waals surface area (Å²) >= 11 is 0. The van der Waals surface area contributed by atoms with Gasteiger partial charge >= 0.3 is 5.97 Å². The highest BCUT2D eigenvalue weighted by Crippen LogP contribution is 2.24. The highest BCUT2D eigenvalue weighted by molar-refractivity contribution is 5.79. The Morgan fingerprint density at radius 2 is 1.82 bits per heavy atom. The smallest absolute Gasteiger partial charge is 0.308 e. The van der Waals surface area contributed by atoms with Gasteiger partial charge in [-0.15, -0.1) is 0 Å². The molecule has 0 spiro atoms. The Morgan fingerprint density at radius 3 is 2.43 bits per heavy atom. The van der Waals surface area contributed by atoms with Gasteiger partial charge in [-0.2, -0.15) is 5.10 Å². The molecule has 0 saturated carbocycles. The Bertz CT molecular complexity index is 870. The summed E-state index contributed by atoms with van der Waals surface area (Å²) in [7, 11) is 0. The summed E-state index contributed by atoms with van der Waals surface area (Å²) in [4.78, 5) is 25.6. The predicted molar refractivity (Wildman–Crippen MR) is 107 cm³/mol. The Labute approximate surface area is 166 Å². The normalized spacial score (nSPS) is 19.2. The maximum Gasteiger partial charge on any atom is 0.308 e. The van der Waals surface area contributed by atoms with Crippen LogP contribution in [0.5, 0.6) is 0 Å². The first-order valence-corrected chi connectivity index (χ1v) is 9.85. The molecule has 1 amide bonds. The minimum Gasteiger partial charge on any atom is -0.481 e. The molecule has 1 fully saturated rings. The Morgan fingerprint density at radius 1 is 1.14 bits per heavy atom. The van der Waals surface area contributed by atoms with Gasteiger partial charge in [-0.3, -0.25) is 14.3 Å². The molecule has 1 aromatic heterocycles. The van der Waals surface area contributed by atoms with Gasteiger partial charge in [0.05, 0.1) is 18.2 Å². The minimum absolute atomic E-state index is 0.00202. The summed E-state index contributed by atoms with van der Waals surface area (Å²) in [5, 5.41) is 13.9. The number of rotatable bonds is 6. The second-order valence-corrected chi connectivity index (χ2v) is 8.01. The van der Waals surface area contributed by atoms with Crippen LogP contribution in [0.4, 0.5) is 0 Å². The lowest BCUT2D eigenvalue weighted by molar-refractivity contribution is -0.142. The van der Waals surface area contributed by atoms with Crippen molar-refractivity contribution in [1.29, 1.82) is 0 Å². The third-order valence-electron chi connectivity index (χ3n) is 5.86. The van der Waals surface area contributed by atoms with Crippen LogP contribution >= 0.6 is 0 Å². The fraction of sp³-hybridized carbons (Fsp3) is 0.500. The zero-order valence-corrected chi connectivity index (χ0v) is 17.1. The third kappa shape index (κ3) is 4.26. The molecule has 2 aromatic rings. The third-order valence-corrected chi connectivity index (χ3v) is 5.86. The summed E-state index contributed by atoms with van der Waals surface area (Å²) in [5.41, 5.74) is 5.59. The molecule has 0 unspecified atom stereocenters. The highest BCUT2D eigenvalue weighted by Gasteiger charge is 2.36. The van der Waals surface area contributed by atoms with E-state index in [-0.39, 0.29) is 11.8 Å². The summed E-state index contributed by atoms with van der Waals surface area (Å²) in [6, 6.07) is 8.43. The van der Waals surface area contributed by atoms with Crippen LogP contribution in [-0.4, -0.2) is 44.8 Å². The minimum atomic E-state index is -0.813. The van der Waals surface area contributed by atoms with Crippen LogP contribution in [0.15, 0.2) is 24.3 Å². The lowest BCUT2D eigenvalue weighted by atomic mass is 9.99. The van der Waals surface area contributed by atoms with Crippen molar-refractivity contribution in [3.05, 3.63) is 52.3 Å². The molecule has 1 saturated heterocycles. The number of carboxylic acid groups (broad SMARTS) is 1. The van der Waals surface area contributed by atoms with Crippen molar-refractivity contribution in [1.82, 2.24) is 14.7 Å². The van der Waals surface area contributed by atoms with Crippen LogP contribution < -0.4 is 0 Å². The van der Waals surface area contributed by atoms with Crippen LogP contribution in [0.1, 0.15) is 41.4 Å². The van der Waals surface area contributed by atoms with E-state index in [1.165, 1.54) is 11.1 Å². The number of carboxylic acids is 1. The zero-order chi connectivity index (χ0) is 20.4. The van der Waals surface area contributed by atoms with Gasteiger partial charge in [0.2, 0.25) is 5.91 Å². The molecule has 3 rings (SSSR count). The van der Waals surface area contributed by atoms with E-state index in [1.54, 1.807) is 4.90 Å². The lowest BCUT2D eigenvalue weighted by Gasteiger charge is -2.16. The molecule has 2 atom stereocenters. The molecule has 0 bridgehead atoms. The number of carbonyl (C=O) groups is 2. The molecule has 150 valence electrons. The average Bonchev–Trinajstić information content (AvgIpc) is 3.16. The van der Waals surface area contributed by atoms with Gasteiger partial charge in [0.1, 0.15) is 0 Å². The van der Waals surface area contributed by atoms with E-state index < -0.39 is 11.9 Å². The van der Waals surface area contributed by atoms with E-state index in [1.807, 2.05) is 25.5 Å². The van der Waals surface area contributed by atoms with Crippen LogP contribution in [0.25, 0.3) is 0 Å². The van der Waals surface area contributed by atoms with Crippen LogP contribution in [0, 0.1) is 32.6 Å². The fourth-order valence-corrected chi connectivity index (χ4v) is 4.00. The number of amides is 1. The second-order valence-electron chi connectivity index (χ2n) is 8.01. The maximum atomic E-state index is 12.6. The van der Waals surface area contributed by atoms with E-state index in [4.69, 9.17) is 0 Å². The molecular formula is C22H29N3O3. The summed E-state index contributed by atoms with van der Waals surface area (Å²) < 4.78 is 2.00. The number of aromatic nitrogens is 2. The van der Waals surface area contributed by atoms with Gasteiger partial charge in [0.15, 0.2) is 0 Å². The van der Waals surface area contributed by atoms with Crippen molar-refractivity contribution in [2.45, 2.75) is 47.1 Å². The monoisotopic (exact) mass is 383 g/mol. The molecule has 2 heterocycles. The SMILES string of the molecule is Cc1ccc(Cn2nc(C)c(CCC(=O)N3C[C@@H](C)[C@H](C(=O)O)C3)c2C)cc1. The molecule has 6 heteroatoms. The van der Waals surface area contributed by atoms with Gasteiger partial charge in [0.25, 0.3) is 0 Å². The molecule has 6 nitrogen and oxygen atoms in total. The van der Waals surface area contributed by atoms with E-state index in [0.29, 0.717) is 32.5 Å². The van der Waals surface area contributed by atoms with E-state index in [0.717, 1.165) is 17.0 Å². The van der Waals surface area contributed by atoms with Gasteiger partial charge in [-0.25, -0.2) is 0 Å². The molecule has 0 radical (unpaired) electrons. The summed E-state index contributed by atoms with van der Waals surface area (Å²) in [6.45, 7) is 9.56. The Balaban J connectivity index is 1.63. The Kier molecular flexibility index (Phi) is 5.87. The number of hydrogen-bond acceptors (Lipinski definition) is 3. The van der Waals surface area contributed by atoms with Gasteiger partial charge in [-0.1, -0.05) is 36.8 Å². The average molecular weight is 383 g/mol. The van der Waals surface area contributed by atoms with Gasteiger partial charge < -0.3 is 10.0 Å². The number of carbonyl (C=O) groups excluding carboxylic acids is 1. The molecule has 28 heavy (non-hydrogen) atoms. The number of benzene rings is 1. The first-order chi connectivity index (χ1) is 13.3. The van der Waals surface area contributed by atoms with Crippen LogP contribution in [0.2, 0.25) is 0 Å². The first kappa shape index (κ1) is 20.1. The maximum absolute atomic E-state index is 12.6. The van der Waals surface area contributed by atoms with Crippen molar-refractivity contribution in [3.63, 3.8) is 0 Å². The van der Waals surface area contributed by atoms with E-state index in [2.05, 4.69) is 36.3 Å². The lowest BCUT2D eigenvalue weighted by Crippen LogP contribution is -2.30. The summed E-state index contributed by atoms with van der Waals surface area (Å²) in [6.07, 6.45) is 1.02. The number of hydrogen-bond donors (Lipinski definition) is 1. The second kappa shape index (κ2) is 8.17. The Hall–Kier alpha value is -2.63. The molecule has 1 aliphatic rings. The predicted octanol–water partition coefficient (Wildman–Crippen LogP) is 2.97. The molecular weight excluding hydrogens is 354 g/mol. The van der Waals surface area contributed by atoms with Gasteiger partial charge in [-0.05, 0) is 44.2 Å². The molecule has 1 aromatic carbocycles.